The van der Waals surface area contributed by atoms with E-state index in [1.807, 2.05) is 0 Å². The first-order valence-electron chi connectivity index (χ1n) is 11.1. The van der Waals surface area contributed by atoms with Gasteiger partial charge in [0.05, 0.1) is 11.1 Å². The molecule has 31 heavy (non-hydrogen) atoms. The molecule has 1 unspecified atom stereocenters. The molecule has 2 aromatic rings. The van der Waals surface area contributed by atoms with Gasteiger partial charge in [0.25, 0.3) is 0 Å². The standard InChI is InChI=1S/C25H31ClN2O3/c1-17(21-13-22(26)25(31)14-24(21)30)28-10-2-3-23(28)20-6-4-18(5-7-20)15-27-11-8-19(16-29)9-12-27/h4-7,13-14,19,23,29-31H,1-3,8-12,15-16H2. The Hall–Kier alpha value is -2.21. The van der Waals surface area contributed by atoms with Crippen LogP contribution in [0.25, 0.3) is 5.70 Å². The Kier molecular flexibility index (Phi) is 6.75. The van der Waals surface area contributed by atoms with Crippen LogP contribution in [0, 0.1) is 5.92 Å². The van der Waals surface area contributed by atoms with Crippen LogP contribution in [-0.2, 0) is 6.54 Å². The minimum absolute atomic E-state index is 0.0159. The summed E-state index contributed by atoms with van der Waals surface area (Å²) in [4.78, 5) is 4.68. The van der Waals surface area contributed by atoms with Crippen molar-refractivity contribution in [3.05, 3.63) is 64.7 Å². The first kappa shape index (κ1) is 22.0. The maximum atomic E-state index is 10.3. The summed E-state index contributed by atoms with van der Waals surface area (Å²) in [6, 6.07) is 11.9. The van der Waals surface area contributed by atoms with E-state index < -0.39 is 0 Å². The summed E-state index contributed by atoms with van der Waals surface area (Å²) in [6.07, 6.45) is 4.22. The Morgan fingerprint density at radius 1 is 1.00 bits per heavy atom. The van der Waals surface area contributed by atoms with Gasteiger partial charge in [0.2, 0.25) is 0 Å². The van der Waals surface area contributed by atoms with Crippen LogP contribution in [-0.4, -0.2) is 51.4 Å². The molecule has 5 nitrogen and oxygen atoms in total. The third-order valence-corrected chi connectivity index (χ3v) is 7.01. The van der Waals surface area contributed by atoms with Crippen molar-refractivity contribution in [1.29, 1.82) is 0 Å². The van der Waals surface area contributed by atoms with Gasteiger partial charge in [-0.3, -0.25) is 4.90 Å². The van der Waals surface area contributed by atoms with Gasteiger partial charge in [-0.05, 0) is 61.9 Å². The number of aliphatic hydroxyl groups excluding tert-OH is 1. The van der Waals surface area contributed by atoms with Gasteiger partial charge in [0.15, 0.2) is 0 Å². The van der Waals surface area contributed by atoms with E-state index in [2.05, 4.69) is 40.6 Å². The summed E-state index contributed by atoms with van der Waals surface area (Å²) < 4.78 is 0. The maximum Gasteiger partial charge on any atom is 0.137 e. The molecular weight excluding hydrogens is 412 g/mol. The predicted molar refractivity (Wildman–Crippen MR) is 124 cm³/mol. The number of aromatic hydroxyl groups is 2. The number of hydrogen-bond acceptors (Lipinski definition) is 5. The summed E-state index contributed by atoms with van der Waals surface area (Å²) >= 11 is 6.07. The second kappa shape index (κ2) is 9.51. The summed E-state index contributed by atoms with van der Waals surface area (Å²) in [5.41, 5.74) is 3.82. The first-order chi connectivity index (χ1) is 15.0. The number of hydrogen-bond donors (Lipinski definition) is 3. The zero-order chi connectivity index (χ0) is 22.0. The lowest BCUT2D eigenvalue weighted by Crippen LogP contribution is -2.34. The quantitative estimate of drug-likeness (QED) is 0.601. The van der Waals surface area contributed by atoms with Gasteiger partial charge in [-0.1, -0.05) is 42.4 Å². The smallest absolute Gasteiger partial charge is 0.137 e. The number of halogens is 1. The first-order valence-corrected chi connectivity index (χ1v) is 11.4. The van der Waals surface area contributed by atoms with Crippen LogP contribution in [0.2, 0.25) is 5.02 Å². The summed E-state index contributed by atoms with van der Waals surface area (Å²) in [5, 5.41) is 29.5. The fraction of sp³-hybridized carbons (Fsp3) is 0.440. The SMILES string of the molecule is C=C(c1cc(Cl)c(O)cc1O)N1CCCC1c1ccc(CN2CCC(CO)CC2)cc1. The Labute approximate surface area is 189 Å². The molecule has 0 radical (unpaired) electrons. The Bertz CT molecular complexity index is 923. The molecule has 4 rings (SSSR count). The van der Waals surface area contributed by atoms with E-state index in [1.165, 1.54) is 17.2 Å². The molecule has 2 saturated heterocycles. The van der Waals surface area contributed by atoms with Gasteiger partial charge >= 0.3 is 0 Å². The molecule has 2 aliphatic rings. The third kappa shape index (κ3) is 4.84. The zero-order valence-electron chi connectivity index (χ0n) is 17.8. The number of aliphatic hydroxyl groups is 1. The van der Waals surface area contributed by atoms with Gasteiger partial charge in [-0.25, -0.2) is 0 Å². The number of rotatable bonds is 6. The molecule has 0 saturated carbocycles. The van der Waals surface area contributed by atoms with Crippen LogP contribution in [0.15, 0.2) is 43.0 Å². The lowest BCUT2D eigenvalue weighted by atomic mass is 9.97. The van der Waals surface area contributed by atoms with E-state index in [9.17, 15) is 15.3 Å². The van der Waals surface area contributed by atoms with Crippen molar-refractivity contribution in [1.82, 2.24) is 9.80 Å². The van der Waals surface area contributed by atoms with E-state index in [4.69, 9.17) is 11.6 Å². The van der Waals surface area contributed by atoms with Crippen LogP contribution in [0.4, 0.5) is 0 Å². The van der Waals surface area contributed by atoms with Crippen molar-refractivity contribution in [2.45, 2.75) is 38.3 Å². The van der Waals surface area contributed by atoms with Crippen molar-refractivity contribution < 1.29 is 15.3 Å². The van der Waals surface area contributed by atoms with E-state index in [1.54, 1.807) is 6.07 Å². The number of likely N-dealkylation sites (tertiary alicyclic amines) is 2. The van der Waals surface area contributed by atoms with Crippen molar-refractivity contribution >= 4 is 17.3 Å². The molecule has 0 spiro atoms. The maximum absolute atomic E-state index is 10.3. The van der Waals surface area contributed by atoms with Crippen molar-refractivity contribution in [3.8, 4) is 11.5 Å². The van der Waals surface area contributed by atoms with E-state index in [-0.39, 0.29) is 22.6 Å². The highest BCUT2D eigenvalue weighted by Crippen LogP contribution is 2.41. The highest BCUT2D eigenvalue weighted by Gasteiger charge is 2.29. The molecule has 0 bridgehead atoms. The van der Waals surface area contributed by atoms with Gasteiger partial charge in [-0.2, -0.15) is 0 Å². The lowest BCUT2D eigenvalue weighted by Gasteiger charge is -2.31. The fourth-order valence-corrected chi connectivity index (χ4v) is 4.97. The highest BCUT2D eigenvalue weighted by molar-refractivity contribution is 6.32. The number of benzene rings is 2. The second-order valence-corrected chi connectivity index (χ2v) is 9.17. The zero-order valence-corrected chi connectivity index (χ0v) is 18.6. The number of nitrogens with zero attached hydrogens (tertiary/aromatic N) is 2. The second-order valence-electron chi connectivity index (χ2n) is 8.76. The number of phenols is 2. The lowest BCUT2D eigenvalue weighted by molar-refractivity contribution is 0.127. The Morgan fingerprint density at radius 2 is 1.71 bits per heavy atom. The molecule has 166 valence electrons. The van der Waals surface area contributed by atoms with Gasteiger partial charge < -0.3 is 20.2 Å². The van der Waals surface area contributed by atoms with E-state index in [0.29, 0.717) is 18.1 Å². The number of phenolic OH excluding ortho intramolecular Hbond substituents is 2. The molecule has 0 aliphatic carbocycles. The van der Waals surface area contributed by atoms with Crippen LogP contribution in [0.3, 0.4) is 0 Å². The third-order valence-electron chi connectivity index (χ3n) is 6.71. The molecule has 0 amide bonds. The van der Waals surface area contributed by atoms with Gasteiger partial charge in [0.1, 0.15) is 11.5 Å². The molecular formula is C25H31ClN2O3. The summed E-state index contributed by atoms with van der Waals surface area (Å²) in [7, 11) is 0. The van der Waals surface area contributed by atoms with Crippen molar-refractivity contribution in [2.75, 3.05) is 26.2 Å². The van der Waals surface area contributed by atoms with Crippen LogP contribution >= 0.6 is 11.6 Å². The molecule has 1 atom stereocenters. The van der Waals surface area contributed by atoms with Crippen LogP contribution in [0.5, 0.6) is 11.5 Å². The van der Waals surface area contributed by atoms with E-state index in [0.717, 1.165) is 57.6 Å². The summed E-state index contributed by atoms with van der Waals surface area (Å²) in [6.45, 7) is 8.42. The van der Waals surface area contributed by atoms with Crippen LogP contribution in [0.1, 0.15) is 48.4 Å². The topological polar surface area (TPSA) is 67.2 Å². The Balaban J connectivity index is 1.44. The molecule has 6 heteroatoms. The normalized spacial score (nSPS) is 20.3. The molecule has 2 aromatic carbocycles. The van der Waals surface area contributed by atoms with E-state index >= 15 is 0 Å². The highest BCUT2D eigenvalue weighted by atomic mass is 35.5. The van der Waals surface area contributed by atoms with Crippen molar-refractivity contribution in [3.63, 3.8) is 0 Å². The van der Waals surface area contributed by atoms with Gasteiger partial charge in [-0.15, -0.1) is 0 Å². The fourth-order valence-electron chi connectivity index (χ4n) is 4.80. The molecule has 2 aliphatic heterocycles. The van der Waals surface area contributed by atoms with Gasteiger partial charge in [0, 0.05) is 37.0 Å². The average molecular weight is 443 g/mol. The predicted octanol–water partition coefficient (Wildman–Crippen LogP) is 4.76. The molecule has 2 heterocycles. The average Bonchev–Trinajstić information content (AvgIpc) is 3.27. The minimum Gasteiger partial charge on any atom is -0.507 e. The minimum atomic E-state index is -0.134. The largest absolute Gasteiger partial charge is 0.507 e. The molecule has 3 N–H and O–H groups in total. The monoisotopic (exact) mass is 442 g/mol. The van der Waals surface area contributed by atoms with Crippen molar-refractivity contribution in [2.24, 2.45) is 5.92 Å². The Morgan fingerprint density at radius 3 is 2.39 bits per heavy atom. The number of piperidine rings is 1. The van der Waals surface area contributed by atoms with Crippen LogP contribution < -0.4 is 0 Å². The molecule has 0 aromatic heterocycles. The molecule has 2 fully saturated rings. The summed E-state index contributed by atoms with van der Waals surface area (Å²) in [5.74, 6) is 0.311.